The van der Waals surface area contributed by atoms with Crippen molar-refractivity contribution in [2.24, 2.45) is 5.92 Å². The smallest absolute Gasteiger partial charge is 0.252 e. The molecule has 1 fully saturated rings. The van der Waals surface area contributed by atoms with Crippen molar-refractivity contribution in [3.63, 3.8) is 0 Å². The van der Waals surface area contributed by atoms with Gasteiger partial charge in [-0.15, -0.1) is 11.3 Å². The fourth-order valence-electron chi connectivity index (χ4n) is 2.89. The number of carbonyl (C=O) groups is 2. The Morgan fingerprint density at radius 2 is 1.92 bits per heavy atom. The first-order chi connectivity index (χ1) is 11.9. The third-order valence-corrected chi connectivity index (χ3v) is 7.72. The number of amides is 2. The van der Waals surface area contributed by atoms with Crippen LogP contribution in [0.15, 0.2) is 21.7 Å². The third-order valence-electron chi connectivity index (χ3n) is 4.44. The van der Waals surface area contributed by atoms with Gasteiger partial charge in [-0.3, -0.25) is 9.59 Å². The van der Waals surface area contributed by atoms with Crippen molar-refractivity contribution in [3.8, 4) is 0 Å². The largest absolute Gasteiger partial charge is 0.347 e. The summed E-state index contributed by atoms with van der Waals surface area (Å²) in [7, 11) is -3.45. The van der Waals surface area contributed by atoms with E-state index in [0.717, 1.165) is 0 Å². The van der Waals surface area contributed by atoms with E-state index < -0.39 is 10.0 Å². The number of piperidine rings is 1. The van der Waals surface area contributed by atoms with Gasteiger partial charge in [-0.2, -0.15) is 4.31 Å². The van der Waals surface area contributed by atoms with Crippen LogP contribution in [0, 0.1) is 5.92 Å². The van der Waals surface area contributed by atoms with Crippen LogP contribution in [0.2, 0.25) is 0 Å². The zero-order chi connectivity index (χ0) is 18.4. The number of nitrogens with one attached hydrogen (secondary N) is 1. The summed E-state index contributed by atoms with van der Waals surface area (Å²) >= 11 is 1.20. The fraction of sp³-hybridized carbons (Fsp3) is 0.625. The number of thiophene rings is 1. The Morgan fingerprint density at radius 3 is 2.44 bits per heavy atom. The Hall–Kier alpha value is -1.45. The van der Waals surface area contributed by atoms with Gasteiger partial charge >= 0.3 is 0 Å². The van der Waals surface area contributed by atoms with E-state index in [1.807, 2.05) is 13.8 Å². The minimum Gasteiger partial charge on any atom is -0.347 e. The van der Waals surface area contributed by atoms with Crippen molar-refractivity contribution in [3.05, 3.63) is 17.5 Å². The average molecular weight is 388 g/mol. The van der Waals surface area contributed by atoms with E-state index in [2.05, 4.69) is 5.32 Å². The molecule has 0 atom stereocenters. The molecule has 1 aliphatic heterocycles. The summed E-state index contributed by atoms with van der Waals surface area (Å²) in [4.78, 5) is 25.8. The summed E-state index contributed by atoms with van der Waals surface area (Å²) < 4.78 is 26.7. The van der Waals surface area contributed by atoms with Gasteiger partial charge < -0.3 is 10.2 Å². The van der Waals surface area contributed by atoms with Gasteiger partial charge in [0.15, 0.2) is 0 Å². The van der Waals surface area contributed by atoms with Gasteiger partial charge in [-0.25, -0.2) is 8.42 Å². The van der Waals surface area contributed by atoms with Crippen LogP contribution in [0.4, 0.5) is 0 Å². The molecule has 0 saturated carbocycles. The summed E-state index contributed by atoms with van der Waals surface area (Å²) in [5.74, 6) is -0.524. The van der Waals surface area contributed by atoms with Crippen LogP contribution < -0.4 is 5.32 Å². The number of hydrogen-bond donors (Lipinski definition) is 1. The lowest BCUT2D eigenvalue weighted by molar-refractivity contribution is -0.134. The number of hydrogen-bond acceptors (Lipinski definition) is 5. The lowest BCUT2D eigenvalue weighted by Gasteiger charge is -2.30. The molecule has 140 valence electrons. The molecule has 2 amide bonds. The summed E-state index contributed by atoms with van der Waals surface area (Å²) in [6.45, 7) is 5.66. The lowest BCUT2D eigenvalue weighted by Crippen LogP contribution is -2.45. The van der Waals surface area contributed by atoms with Gasteiger partial charge in [-0.1, -0.05) is 6.07 Å². The first kappa shape index (κ1) is 19.9. The minimum atomic E-state index is -3.45. The first-order valence-corrected chi connectivity index (χ1v) is 10.8. The normalized spacial score (nSPS) is 16.6. The summed E-state index contributed by atoms with van der Waals surface area (Å²) in [6, 6.07) is 3.31. The van der Waals surface area contributed by atoms with Gasteiger partial charge in [0.05, 0.1) is 6.54 Å². The zero-order valence-corrected chi connectivity index (χ0v) is 16.2. The zero-order valence-electron chi connectivity index (χ0n) is 14.6. The van der Waals surface area contributed by atoms with Crippen molar-refractivity contribution < 1.29 is 18.0 Å². The molecule has 2 rings (SSSR count). The molecule has 1 aromatic heterocycles. The van der Waals surface area contributed by atoms with Crippen LogP contribution in [-0.2, 0) is 19.6 Å². The SMILES string of the molecule is CCN(CC)C(=O)CNC(=O)C1CCN(S(=O)(=O)c2cccs2)CC1. The van der Waals surface area contributed by atoms with Gasteiger partial charge in [0.2, 0.25) is 11.8 Å². The van der Waals surface area contributed by atoms with Crippen molar-refractivity contribution in [1.82, 2.24) is 14.5 Å². The van der Waals surface area contributed by atoms with E-state index in [-0.39, 0.29) is 24.3 Å². The molecule has 25 heavy (non-hydrogen) atoms. The molecule has 7 nitrogen and oxygen atoms in total. The maximum Gasteiger partial charge on any atom is 0.252 e. The van der Waals surface area contributed by atoms with Gasteiger partial charge in [-0.05, 0) is 38.1 Å². The van der Waals surface area contributed by atoms with Crippen LogP contribution in [0.3, 0.4) is 0 Å². The highest BCUT2D eigenvalue weighted by Gasteiger charge is 2.32. The second-order valence-electron chi connectivity index (χ2n) is 5.89. The Labute approximate surface area is 153 Å². The highest BCUT2D eigenvalue weighted by atomic mass is 32.2. The Balaban J connectivity index is 1.83. The highest BCUT2D eigenvalue weighted by Crippen LogP contribution is 2.26. The average Bonchev–Trinajstić information content (AvgIpc) is 3.16. The molecule has 0 unspecified atom stereocenters. The quantitative estimate of drug-likeness (QED) is 0.760. The molecule has 1 N–H and O–H groups in total. The molecule has 1 saturated heterocycles. The number of sulfonamides is 1. The standard InChI is InChI=1S/C16H25N3O4S2/c1-3-18(4-2)14(20)12-17-16(21)13-7-9-19(10-8-13)25(22,23)15-6-5-11-24-15/h5-6,11,13H,3-4,7-10,12H2,1-2H3,(H,17,21). The van der Waals surface area contributed by atoms with Gasteiger partial charge in [0, 0.05) is 32.1 Å². The van der Waals surface area contributed by atoms with Crippen LogP contribution in [0.25, 0.3) is 0 Å². The second-order valence-corrected chi connectivity index (χ2v) is 9.01. The monoisotopic (exact) mass is 387 g/mol. The van der Waals surface area contributed by atoms with Crippen LogP contribution in [-0.4, -0.2) is 62.2 Å². The third kappa shape index (κ3) is 4.80. The fourth-order valence-corrected chi connectivity index (χ4v) is 5.51. The van der Waals surface area contributed by atoms with E-state index in [9.17, 15) is 18.0 Å². The molecule has 0 aromatic carbocycles. The Kier molecular flexibility index (Phi) is 6.97. The van der Waals surface area contributed by atoms with Crippen molar-refractivity contribution in [1.29, 1.82) is 0 Å². The molecule has 0 bridgehead atoms. The molecule has 0 radical (unpaired) electrons. The molecule has 1 aromatic rings. The molecule has 9 heteroatoms. The summed E-state index contributed by atoms with van der Waals surface area (Å²) in [5.41, 5.74) is 0. The van der Waals surface area contributed by atoms with E-state index in [4.69, 9.17) is 0 Å². The van der Waals surface area contributed by atoms with Crippen LogP contribution in [0.5, 0.6) is 0 Å². The van der Waals surface area contributed by atoms with Crippen LogP contribution >= 0.6 is 11.3 Å². The summed E-state index contributed by atoms with van der Waals surface area (Å²) in [5, 5.41) is 4.42. The topological polar surface area (TPSA) is 86.8 Å². The molecule has 0 aliphatic carbocycles. The summed E-state index contributed by atoms with van der Waals surface area (Å²) in [6.07, 6.45) is 0.936. The van der Waals surface area contributed by atoms with E-state index in [1.165, 1.54) is 15.6 Å². The molecule has 0 spiro atoms. The number of likely N-dealkylation sites (N-methyl/N-ethyl adjacent to an activating group) is 1. The van der Waals surface area contributed by atoms with E-state index in [0.29, 0.717) is 43.2 Å². The molecular weight excluding hydrogens is 362 g/mol. The predicted octanol–water partition coefficient (Wildman–Crippen LogP) is 1.13. The van der Waals surface area contributed by atoms with Gasteiger partial charge in [0.1, 0.15) is 4.21 Å². The molecule has 2 heterocycles. The first-order valence-electron chi connectivity index (χ1n) is 8.49. The predicted molar refractivity (Wildman–Crippen MR) is 96.7 cm³/mol. The van der Waals surface area contributed by atoms with E-state index in [1.54, 1.807) is 22.4 Å². The van der Waals surface area contributed by atoms with Crippen molar-refractivity contribution in [2.45, 2.75) is 30.9 Å². The van der Waals surface area contributed by atoms with E-state index >= 15 is 0 Å². The van der Waals surface area contributed by atoms with Crippen molar-refractivity contribution >= 4 is 33.2 Å². The molecule has 1 aliphatic rings. The highest BCUT2D eigenvalue weighted by molar-refractivity contribution is 7.91. The maximum atomic E-state index is 12.5. The van der Waals surface area contributed by atoms with Crippen molar-refractivity contribution in [2.75, 3.05) is 32.7 Å². The Morgan fingerprint density at radius 1 is 1.28 bits per heavy atom. The lowest BCUT2D eigenvalue weighted by atomic mass is 9.97. The minimum absolute atomic E-state index is 0.00573. The number of carbonyl (C=O) groups excluding carboxylic acids is 2. The number of rotatable bonds is 7. The van der Waals surface area contributed by atoms with Crippen LogP contribution in [0.1, 0.15) is 26.7 Å². The number of nitrogens with zero attached hydrogens (tertiary/aromatic N) is 2. The maximum absolute atomic E-state index is 12.5. The van der Waals surface area contributed by atoms with Gasteiger partial charge in [0.25, 0.3) is 10.0 Å². The second kappa shape index (κ2) is 8.77. The Bertz CT molecular complexity index is 676. The molecular formula is C16H25N3O4S2.